The Bertz CT molecular complexity index is 556. The van der Waals surface area contributed by atoms with Crippen LogP contribution < -0.4 is 10.6 Å². The maximum atomic E-state index is 12.1. The minimum atomic E-state index is -0.432. The van der Waals surface area contributed by atoms with Crippen LogP contribution in [-0.4, -0.2) is 30.0 Å². The fourth-order valence-electron chi connectivity index (χ4n) is 2.23. The molecule has 1 aromatic rings. The molecule has 1 aromatic carbocycles. The lowest BCUT2D eigenvalue weighted by Gasteiger charge is -2.19. The number of rotatable bonds is 6. The first-order valence-electron chi connectivity index (χ1n) is 7.47. The summed E-state index contributed by atoms with van der Waals surface area (Å²) in [5.41, 5.74) is 0.565. The Hall–Kier alpha value is -1.66. The van der Waals surface area contributed by atoms with Crippen LogP contribution in [0.4, 0.5) is 5.69 Å². The van der Waals surface area contributed by atoms with Crippen molar-refractivity contribution in [3.8, 4) is 0 Å². The summed E-state index contributed by atoms with van der Waals surface area (Å²) in [6, 6.07) is 4.81. The number of hydrogen-bond donors (Lipinski definition) is 2. The van der Waals surface area contributed by atoms with Gasteiger partial charge in [-0.15, -0.1) is 12.4 Å². The van der Waals surface area contributed by atoms with Crippen LogP contribution in [0.3, 0.4) is 0 Å². The first-order chi connectivity index (χ1) is 10.2. The minimum absolute atomic E-state index is 0. The van der Waals surface area contributed by atoms with Crippen LogP contribution in [-0.2, 0) is 5.41 Å². The molecular weight excluding hydrogens is 318 g/mol. The first kappa shape index (κ1) is 21.3. The SMILES string of the molecule is CCN[C@H](C)CNC(=O)c1ccc(C(C)(C)C)c([N+](=O)[O-])c1.Cl. The summed E-state index contributed by atoms with van der Waals surface area (Å²) in [6.07, 6.45) is 0. The highest BCUT2D eigenvalue weighted by atomic mass is 35.5. The first-order valence-corrected chi connectivity index (χ1v) is 7.47. The Kier molecular flexibility index (Phi) is 8.20. The van der Waals surface area contributed by atoms with E-state index in [1.807, 2.05) is 34.6 Å². The van der Waals surface area contributed by atoms with Gasteiger partial charge in [-0.3, -0.25) is 14.9 Å². The lowest BCUT2D eigenvalue weighted by Crippen LogP contribution is -2.38. The van der Waals surface area contributed by atoms with Crippen LogP contribution in [0.25, 0.3) is 0 Å². The molecule has 0 saturated carbocycles. The van der Waals surface area contributed by atoms with Crippen molar-refractivity contribution in [2.24, 2.45) is 0 Å². The number of nitro benzene ring substituents is 1. The summed E-state index contributed by atoms with van der Waals surface area (Å²) in [7, 11) is 0. The van der Waals surface area contributed by atoms with Crippen LogP contribution >= 0.6 is 12.4 Å². The molecule has 0 unspecified atom stereocenters. The molecule has 0 aliphatic rings. The molecule has 0 bridgehead atoms. The van der Waals surface area contributed by atoms with E-state index < -0.39 is 4.92 Å². The third-order valence-electron chi connectivity index (χ3n) is 3.39. The number of carbonyl (C=O) groups is 1. The summed E-state index contributed by atoms with van der Waals surface area (Å²) in [5.74, 6) is -0.298. The van der Waals surface area contributed by atoms with Gasteiger partial charge in [0.2, 0.25) is 0 Å². The van der Waals surface area contributed by atoms with Crippen molar-refractivity contribution in [3.63, 3.8) is 0 Å². The van der Waals surface area contributed by atoms with Crippen molar-refractivity contribution in [3.05, 3.63) is 39.4 Å². The van der Waals surface area contributed by atoms with Crippen LogP contribution in [0, 0.1) is 10.1 Å². The van der Waals surface area contributed by atoms with Gasteiger partial charge in [0, 0.05) is 29.8 Å². The normalized spacial score (nSPS) is 12.2. The van der Waals surface area contributed by atoms with Gasteiger partial charge in [-0.05, 0) is 24.9 Å². The second-order valence-electron chi connectivity index (χ2n) is 6.41. The molecule has 1 amide bonds. The number of amides is 1. The molecule has 130 valence electrons. The minimum Gasteiger partial charge on any atom is -0.350 e. The van der Waals surface area contributed by atoms with Crippen molar-refractivity contribution in [1.82, 2.24) is 10.6 Å². The number of likely N-dealkylation sites (N-methyl/N-ethyl adjacent to an activating group) is 1. The average molecular weight is 344 g/mol. The van der Waals surface area contributed by atoms with Gasteiger partial charge in [0.15, 0.2) is 0 Å². The number of nitrogens with zero attached hydrogens (tertiary/aromatic N) is 1. The van der Waals surface area contributed by atoms with Gasteiger partial charge in [0.1, 0.15) is 0 Å². The standard InChI is InChI=1S/C16H25N3O3.ClH/c1-6-17-11(2)10-18-15(20)12-7-8-13(16(3,4)5)14(9-12)19(21)22;/h7-9,11,17H,6,10H2,1-5H3,(H,18,20);1H/t11-;/m1./s1. The number of hydrogen-bond acceptors (Lipinski definition) is 4. The van der Waals surface area contributed by atoms with Gasteiger partial charge in [0.25, 0.3) is 11.6 Å². The monoisotopic (exact) mass is 343 g/mol. The molecule has 0 fully saturated rings. The van der Waals surface area contributed by atoms with Gasteiger partial charge in [-0.2, -0.15) is 0 Å². The maximum Gasteiger partial charge on any atom is 0.273 e. The van der Waals surface area contributed by atoms with E-state index in [0.717, 1.165) is 6.54 Å². The molecule has 1 atom stereocenters. The predicted molar refractivity (Wildman–Crippen MR) is 94.5 cm³/mol. The Morgan fingerprint density at radius 2 is 1.96 bits per heavy atom. The molecule has 0 spiro atoms. The smallest absolute Gasteiger partial charge is 0.273 e. The number of halogens is 1. The Labute approximate surface area is 143 Å². The molecule has 0 radical (unpaired) electrons. The summed E-state index contributed by atoms with van der Waals surface area (Å²) in [5, 5.41) is 17.2. The fraction of sp³-hybridized carbons (Fsp3) is 0.562. The third-order valence-corrected chi connectivity index (χ3v) is 3.39. The highest BCUT2D eigenvalue weighted by Crippen LogP contribution is 2.31. The molecule has 23 heavy (non-hydrogen) atoms. The fourth-order valence-corrected chi connectivity index (χ4v) is 2.23. The van der Waals surface area contributed by atoms with Crippen LogP contribution in [0.2, 0.25) is 0 Å². The van der Waals surface area contributed by atoms with E-state index in [1.54, 1.807) is 12.1 Å². The highest BCUT2D eigenvalue weighted by Gasteiger charge is 2.26. The molecule has 7 heteroatoms. The van der Waals surface area contributed by atoms with E-state index in [4.69, 9.17) is 0 Å². The number of nitro groups is 1. The molecule has 0 aliphatic carbocycles. The molecule has 0 aliphatic heterocycles. The van der Waals surface area contributed by atoms with Gasteiger partial charge >= 0.3 is 0 Å². The summed E-state index contributed by atoms with van der Waals surface area (Å²) in [4.78, 5) is 23.0. The predicted octanol–water partition coefficient (Wildman–Crippen LogP) is 3.04. The topological polar surface area (TPSA) is 84.3 Å². The van der Waals surface area contributed by atoms with Gasteiger partial charge in [-0.25, -0.2) is 0 Å². The lowest BCUT2D eigenvalue weighted by atomic mass is 9.85. The molecule has 0 aromatic heterocycles. The number of carbonyl (C=O) groups excluding carboxylic acids is 1. The highest BCUT2D eigenvalue weighted by molar-refractivity contribution is 5.95. The quantitative estimate of drug-likeness (QED) is 0.614. The van der Waals surface area contributed by atoms with E-state index in [2.05, 4.69) is 10.6 Å². The largest absolute Gasteiger partial charge is 0.350 e. The van der Waals surface area contributed by atoms with Crippen molar-refractivity contribution in [2.75, 3.05) is 13.1 Å². The summed E-state index contributed by atoms with van der Waals surface area (Å²) in [6.45, 7) is 11.0. The maximum absolute atomic E-state index is 12.1. The molecule has 0 saturated heterocycles. The van der Waals surface area contributed by atoms with E-state index in [-0.39, 0.29) is 35.5 Å². The van der Waals surface area contributed by atoms with E-state index >= 15 is 0 Å². The lowest BCUT2D eigenvalue weighted by molar-refractivity contribution is -0.386. The van der Waals surface area contributed by atoms with Crippen LogP contribution in [0.15, 0.2) is 18.2 Å². The summed E-state index contributed by atoms with van der Waals surface area (Å²) < 4.78 is 0. The van der Waals surface area contributed by atoms with Crippen molar-refractivity contribution in [2.45, 2.75) is 46.1 Å². The second kappa shape index (κ2) is 8.84. The van der Waals surface area contributed by atoms with Crippen LogP contribution in [0.1, 0.15) is 50.5 Å². The van der Waals surface area contributed by atoms with Crippen molar-refractivity contribution in [1.29, 1.82) is 0 Å². The Morgan fingerprint density at radius 1 is 1.35 bits per heavy atom. The van der Waals surface area contributed by atoms with E-state index in [0.29, 0.717) is 17.7 Å². The number of benzene rings is 1. The zero-order valence-electron chi connectivity index (χ0n) is 14.3. The van der Waals surface area contributed by atoms with Gasteiger partial charge < -0.3 is 10.6 Å². The van der Waals surface area contributed by atoms with E-state index in [1.165, 1.54) is 6.07 Å². The average Bonchev–Trinajstić information content (AvgIpc) is 2.43. The third kappa shape index (κ3) is 6.15. The zero-order chi connectivity index (χ0) is 16.9. The van der Waals surface area contributed by atoms with Gasteiger partial charge in [-0.1, -0.05) is 33.8 Å². The van der Waals surface area contributed by atoms with Crippen molar-refractivity contribution < 1.29 is 9.72 Å². The molecule has 2 N–H and O–H groups in total. The molecular formula is C16H26ClN3O3. The number of nitrogens with one attached hydrogen (secondary N) is 2. The second-order valence-corrected chi connectivity index (χ2v) is 6.41. The molecule has 0 heterocycles. The Balaban J connectivity index is 0.00000484. The molecule has 1 rings (SSSR count). The van der Waals surface area contributed by atoms with E-state index in [9.17, 15) is 14.9 Å². The van der Waals surface area contributed by atoms with Gasteiger partial charge in [0.05, 0.1) is 4.92 Å². The van der Waals surface area contributed by atoms with Crippen molar-refractivity contribution >= 4 is 24.0 Å². The molecule has 6 nitrogen and oxygen atoms in total. The Morgan fingerprint density at radius 3 is 2.43 bits per heavy atom. The van der Waals surface area contributed by atoms with Crippen LogP contribution in [0.5, 0.6) is 0 Å². The zero-order valence-corrected chi connectivity index (χ0v) is 15.1. The summed E-state index contributed by atoms with van der Waals surface area (Å²) >= 11 is 0.